The van der Waals surface area contributed by atoms with Crippen molar-refractivity contribution in [1.29, 1.82) is 0 Å². The van der Waals surface area contributed by atoms with Crippen LogP contribution in [-0.4, -0.2) is 43.2 Å². The van der Waals surface area contributed by atoms with Gasteiger partial charge >= 0.3 is 12.6 Å². The number of nitrogens with zero attached hydrogens (tertiary/aromatic N) is 4. The highest BCUT2D eigenvalue weighted by molar-refractivity contribution is 6.35. The lowest BCUT2D eigenvalue weighted by atomic mass is 10.1. The van der Waals surface area contributed by atoms with Gasteiger partial charge < -0.3 is 14.5 Å². The second kappa shape index (κ2) is 7.59. The Morgan fingerprint density at radius 3 is 2.90 bits per heavy atom. The maximum atomic E-state index is 15.1. The minimum Gasteiger partial charge on any atom is -0.379 e. The zero-order chi connectivity index (χ0) is 21.4. The molecule has 4 aromatic rings. The largest absolute Gasteiger partial charge is 0.420 e. The molecule has 0 fully saturated rings. The van der Waals surface area contributed by atoms with E-state index in [1.165, 1.54) is 12.4 Å². The number of carbonyl (C=O) groups excluding carboxylic acids is 2. The number of ether oxygens (including phenoxy) is 1. The van der Waals surface area contributed by atoms with Crippen LogP contribution in [0.15, 0.2) is 24.8 Å². The number of rotatable bonds is 5. The van der Waals surface area contributed by atoms with E-state index in [4.69, 9.17) is 11.6 Å². The number of nitrogens with one attached hydrogen (secondary N) is 3. The Labute approximate surface area is 173 Å². The van der Waals surface area contributed by atoms with Crippen LogP contribution in [0, 0.1) is 5.82 Å². The number of amides is 1. The first kappa shape index (κ1) is 19.6. The minimum atomic E-state index is -0.972. The van der Waals surface area contributed by atoms with Gasteiger partial charge in [-0.05, 0) is 13.8 Å². The van der Waals surface area contributed by atoms with Crippen LogP contribution in [-0.2, 0) is 9.53 Å². The number of anilines is 2. The number of halogens is 2. The van der Waals surface area contributed by atoms with Gasteiger partial charge in [-0.2, -0.15) is 5.10 Å². The van der Waals surface area contributed by atoms with Crippen molar-refractivity contribution in [2.45, 2.75) is 19.9 Å². The molecular formula is C18H15ClFN7O3. The van der Waals surface area contributed by atoms with Crippen LogP contribution in [0.3, 0.4) is 0 Å². The van der Waals surface area contributed by atoms with Gasteiger partial charge in [-0.1, -0.05) is 11.6 Å². The van der Waals surface area contributed by atoms with Gasteiger partial charge in [0.15, 0.2) is 17.3 Å². The van der Waals surface area contributed by atoms with E-state index >= 15 is 4.39 Å². The van der Waals surface area contributed by atoms with Gasteiger partial charge in [-0.25, -0.2) is 14.2 Å². The first-order chi connectivity index (χ1) is 14.4. The molecular weight excluding hydrogens is 417 g/mol. The van der Waals surface area contributed by atoms with Gasteiger partial charge in [0, 0.05) is 23.2 Å². The van der Waals surface area contributed by atoms with Crippen molar-refractivity contribution < 1.29 is 18.7 Å². The molecule has 0 radical (unpaired) electrons. The van der Waals surface area contributed by atoms with Crippen molar-refractivity contribution in [2.75, 3.05) is 10.6 Å². The van der Waals surface area contributed by atoms with E-state index in [1.54, 1.807) is 16.8 Å². The molecule has 12 heteroatoms. The van der Waals surface area contributed by atoms with E-state index in [-0.39, 0.29) is 29.0 Å². The summed E-state index contributed by atoms with van der Waals surface area (Å²) in [6.45, 7) is 3.78. The Hall–Kier alpha value is -3.73. The molecule has 0 aliphatic heterocycles. The monoisotopic (exact) mass is 431 g/mol. The minimum absolute atomic E-state index is 0.00923. The molecule has 4 rings (SSSR count). The molecule has 1 amide bonds. The van der Waals surface area contributed by atoms with E-state index in [0.29, 0.717) is 27.8 Å². The first-order valence-electron chi connectivity index (χ1n) is 8.76. The van der Waals surface area contributed by atoms with E-state index in [0.717, 1.165) is 0 Å². The fraction of sp³-hybridized carbons (Fsp3) is 0.167. The van der Waals surface area contributed by atoms with Crippen molar-refractivity contribution in [2.24, 2.45) is 0 Å². The molecule has 0 unspecified atom stereocenters. The molecule has 0 saturated heterocycles. The molecule has 0 bridgehead atoms. The SMILES string of the molecule is CC(C)Nc1c(F)c(Cl)c(-c2cn3cc(NC(=O)OC=O)nc3cn2)c2cn[nH]c12. The Bertz CT molecular complexity index is 1280. The summed E-state index contributed by atoms with van der Waals surface area (Å²) >= 11 is 6.38. The highest BCUT2D eigenvalue weighted by Crippen LogP contribution is 2.40. The summed E-state index contributed by atoms with van der Waals surface area (Å²) in [6, 6.07) is -0.0230. The zero-order valence-electron chi connectivity index (χ0n) is 15.7. The van der Waals surface area contributed by atoms with Crippen molar-refractivity contribution in [3.8, 4) is 11.3 Å². The molecule has 0 atom stereocenters. The summed E-state index contributed by atoms with van der Waals surface area (Å²) in [7, 11) is 0. The third kappa shape index (κ3) is 3.39. The first-order valence-corrected chi connectivity index (χ1v) is 9.13. The molecule has 10 nitrogen and oxygen atoms in total. The van der Waals surface area contributed by atoms with Crippen LogP contribution in [0.1, 0.15) is 13.8 Å². The summed E-state index contributed by atoms with van der Waals surface area (Å²) in [4.78, 5) is 30.1. The van der Waals surface area contributed by atoms with E-state index in [1.807, 2.05) is 13.8 Å². The highest BCUT2D eigenvalue weighted by atomic mass is 35.5. The summed E-state index contributed by atoms with van der Waals surface area (Å²) in [5.74, 6) is -0.480. The molecule has 3 heterocycles. The highest BCUT2D eigenvalue weighted by Gasteiger charge is 2.22. The molecule has 3 aromatic heterocycles. The standard InChI is InChI=1S/C18H15ClFN7O3/c1-8(2)23-17-15(20)14(19)13(9-3-22-26-16(9)17)10-5-27-6-11(24-12(27)4-21-10)25-18(29)30-7-28/h3-8,23H,1-2H3,(H,22,26)(H,25,29). The predicted octanol–water partition coefficient (Wildman–Crippen LogP) is 3.59. The van der Waals surface area contributed by atoms with Crippen molar-refractivity contribution in [1.82, 2.24) is 24.6 Å². The number of H-pyrrole nitrogens is 1. The van der Waals surface area contributed by atoms with Gasteiger partial charge in [0.2, 0.25) is 0 Å². The number of aromatic amines is 1. The fourth-order valence-electron chi connectivity index (χ4n) is 3.05. The van der Waals surface area contributed by atoms with Gasteiger partial charge in [-0.3, -0.25) is 20.2 Å². The molecule has 154 valence electrons. The number of hydrogen-bond donors (Lipinski definition) is 3. The summed E-state index contributed by atoms with van der Waals surface area (Å²) in [6.07, 6.45) is 5.08. The van der Waals surface area contributed by atoms with E-state index in [2.05, 4.69) is 35.5 Å². The van der Waals surface area contributed by atoms with Crippen LogP contribution in [0.5, 0.6) is 0 Å². The number of aromatic nitrogens is 5. The number of benzene rings is 1. The van der Waals surface area contributed by atoms with E-state index < -0.39 is 11.9 Å². The number of carbonyl (C=O) groups is 2. The van der Waals surface area contributed by atoms with Gasteiger partial charge in [0.25, 0.3) is 0 Å². The summed E-state index contributed by atoms with van der Waals surface area (Å²) in [5, 5.41) is 12.7. The molecule has 0 aliphatic carbocycles. The topological polar surface area (TPSA) is 126 Å². The van der Waals surface area contributed by atoms with Crippen molar-refractivity contribution in [3.63, 3.8) is 0 Å². The average molecular weight is 432 g/mol. The lowest BCUT2D eigenvalue weighted by Crippen LogP contribution is -2.12. The Balaban J connectivity index is 1.82. The molecule has 0 saturated carbocycles. The van der Waals surface area contributed by atoms with Crippen LogP contribution >= 0.6 is 11.6 Å². The van der Waals surface area contributed by atoms with Gasteiger partial charge in [-0.15, -0.1) is 0 Å². The molecule has 3 N–H and O–H groups in total. The lowest BCUT2D eigenvalue weighted by molar-refractivity contribution is -0.122. The van der Waals surface area contributed by atoms with Crippen LogP contribution in [0.2, 0.25) is 5.02 Å². The molecule has 0 spiro atoms. The van der Waals surface area contributed by atoms with Crippen LogP contribution in [0.25, 0.3) is 27.8 Å². The number of fused-ring (bicyclic) bond motifs is 2. The van der Waals surface area contributed by atoms with Crippen LogP contribution in [0.4, 0.5) is 20.7 Å². The molecule has 0 aliphatic rings. The van der Waals surface area contributed by atoms with Crippen molar-refractivity contribution in [3.05, 3.63) is 35.6 Å². The molecule has 1 aromatic carbocycles. The quantitative estimate of drug-likeness (QED) is 0.325. The zero-order valence-corrected chi connectivity index (χ0v) is 16.5. The normalized spacial score (nSPS) is 11.2. The third-order valence-electron chi connectivity index (χ3n) is 4.21. The maximum absolute atomic E-state index is 15.1. The Morgan fingerprint density at radius 1 is 1.37 bits per heavy atom. The molecule has 30 heavy (non-hydrogen) atoms. The second-order valence-corrected chi connectivity index (χ2v) is 7.00. The van der Waals surface area contributed by atoms with Gasteiger partial charge in [0.05, 0.1) is 40.5 Å². The summed E-state index contributed by atoms with van der Waals surface area (Å²) in [5.41, 5.74) is 1.83. The number of imidazole rings is 1. The Kier molecular flexibility index (Phi) is 4.96. The fourth-order valence-corrected chi connectivity index (χ4v) is 3.35. The lowest BCUT2D eigenvalue weighted by Gasteiger charge is -2.15. The van der Waals surface area contributed by atoms with Gasteiger partial charge in [0.1, 0.15) is 0 Å². The van der Waals surface area contributed by atoms with Crippen LogP contribution < -0.4 is 10.6 Å². The van der Waals surface area contributed by atoms with Crippen molar-refractivity contribution >= 4 is 52.2 Å². The second-order valence-electron chi connectivity index (χ2n) is 6.63. The maximum Gasteiger partial charge on any atom is 0.420 e. The smallest absolute Gasteiger partial charge is 0.379 e. The average Bonchev–Trinajstić information content (AvgIpc) is 3.31. The number of hydrogen-bond acceptors (Lipinski definition) is 7. The third-order valence-corrected chi connectivity index (χ3v) is 4.56. The predicted molar refractivity (Wildman–Crippen MR) is 108 cm³/mol. The van der Waals surface area contributed by atoms with E-state index in [9.17, 15) is 9.59 Å². The Morgan fingerprint density at radius 2 is 2.17 bits per heavy atom. The summed E-state index contributed by atoms with van der Waals surface area (Å²) < 4.78 is 20.8.